The minimum atomic E-state index is -0.606. The molecular weight excluding hydrogens is 368 g/mol. The molecule has 0 unspecified atom stereocenters. The number of carbonyl (C=O) groups excluding carboxylic acids is 2. The van der Waals surface area contributed by atoms with Crippen LogP contribution in [0.3, 0.4) is 0 Å². The van der Waals surface area contributed by atoms with E-state index in [1.165, 1.54) is 11.3 Å². The maximum atomic E-state index is 12.0. The summed E-state index contributed by atoms with van der Waals surface area (Å²) in [6.07, 6.45) is 3.41. The van der Waals surface area contributed by atoms with Gasteiger partial charge >= 0.3 is 5.97 Å². The molecule has 5 nitrogen and oxygen atoms in total. The molecule has 0 aliphatic rings. The molecule has 0 saturated carbocycles. The van der Waals surface area contributed by atoms with Gasteiger partial charge in [0.1, 0.15) is 5.65 Å². The molecule has 0 aliphatic carbocycles. The number of ether oxygens (including phenoxy) is 1. The Bertz CT molecular complexity index is 869. The molecule has 0 amide bonds. The molecule has 7 heteroatoms. The molecule has 3 heterocycles. The fourth-order valence-electron chi connectivity index (χ4n) is 1.92. The number of Topliss-reactive ketones (excluding diaryl/α,β-unsaturated/α-hetero) is 1. The number of pyridine rings is 1. The second-order valence-electron chi connectivity index (χ2n) is 4.70. The number of esters is 1. The number of imidazole rings is 1. The Morgan fingerprint density at radius 3 is 2.91 bits per heavy atom. The summed E-state index contributed by atoms with van der Waals surface area (Å²) in [7, 11) is 0. The molecule has 3 rings (SSSR count). The van der Waals surface area contributed by atoms with Crippen LogP contribution in [0, 0.1) is 6.92 Å². The van der Waals surface area contributed by atoms with Crippen LogP contribution in [0.2, 0.25) is 0 Å². The van der Waals surface area contributed by atoms with Crippen LogP contribution in [-0.2, 0) is 4.74 Å². The van der Waals surface area contributed by atoms with Gasteiger partial charge < -0.3 is 9.14 Å². The maximum Gasteiger partial charge on any atom is 0.359 e. The zero-order valence-corrected chi connectivity index (χ0v) is 14.0. The first kappa shape index (κ1) is 14.9. The van der Waals surface area contributed by atoms with E-state index in [-0.39, 0.29) is 18.1 Å². The summed E-state index contributed by atoms with van der Waals surface area (Å²) in [6.45, 7) is 1.66. The number of hydrogen-bond acceptors (Lipinski definition) is 5. The molecule has 3 aromatic rings. The first-order valence-corrected chi connectivity index (χ1v) is 8.05. The minimum Gasteiger partial charge on any atom is -0.452 e. The van der Waals surface area contributed by atoms with Gasteiger partial charge in [0.15, 0.2) is 12.3 Å². The third kappa shape index (κ3) is 3.10. The van der Waals surface area contributed by atoms with Crippen LogP contribution in [-0.4, -0.2) is 27.7 Å². The Morgan fingerprint density at radius 1 is 1.36 bits per heavy atom. The molecule has 0 saturated heterocycles. The SMILES string of the molecule is Cc1ccn2cc(C(=O)OCC(=O)c3ccc(Br)s3)nc2c1. The number of aromatic nitrogens is 2. The average Bonchev–Trinajstić information content (AvgIpc) is 3.10. The summed E-state index contributed by atoms with van der Waals surface area (Å²) in [5, 5.41) is 0. The average molecular weight is 379 g/mol. The van der Waals surface area contributed by atoms with Crippen molar-refractivity contribution in [2.24, 2.45) is 0 Å². The van der Waals surface area contributed by atoms with E-state index < -0.39 is 5.97 Å². The Kier molecular flexibility index (Phi) is 4.08. The minimum absolute atomic E-state index is 0.186. The van der Waals surface area contributed by atoms with Gasteiger partial charge in [-0.2, -0.15) is 0 Å². The smallest absolute Gasteiger partial charge is 0.359 e. The summed E-state index contributed by atoms with van der Waals surface area (Å²) in [4.78, 5) is 28.6. The van der Waals surface area contributed by atoms with Crippen LogP contribution in [0.4, 0.5) is 0 Å². The van der Waals surface area contributed by atoms with Crippen molar-refractivity contribution in [3.8, 4) is 0 Å². The van der Waals surface area contributed by atoms with E-state index >= 15 is 0 Å². The predicted octanol–water partition coefficient (Wildman–Crippen LogP) is 3.51. The van der Waals surface area contributed by atoms with E-state index in [0.29, 0.717) is 10.5 Å². The van der Waals surface area contributed by atoms with Crippen LogP contribution in [0.25, 0.3) is 5.65 Å². The monoisotopic (exact) mass is 378 g/mol. The lowest BCUT2D eigenvalue weighted by Gasteiger charge is -2.00. The number of nitrogens with zero attached hydrogens (tertiary/aromatic N) is 2. The van der Waals surface area contributed by atoms with Gasteiger partial charge in [-0.15, -0.1) is 11.3 Å². The first-order valence-electron chi connectivity index (χ1n) is 6.44. The van der Waals surface area contributed by atoms with Gasteiger partial charge in [0.2, 0.25) is 5.78 Å². The van der Waals surface area contributed by atoms with Gasteiger partial charge in [-0.05, 0) is 52.7 Å². The summed E-state index contributed by atoms with van der Waals surface area (Å²) in [5.74, 6) is -0.839. The van der Waals surface area contributed by atoms with Crippen LogP contribution in [0.1, 0.15) is 25.7 Å². The highest BCUT2D eigenvalue weighted by Gasteiger charge is 2.16. The number of fused-ring (bicyclic) bond motifs is 1. The van der Waals surface area contributed by atoms with Gasteiger partial charge in [-0.25, -0.2) is 9.78 Å². The Balaban J connectivity index is 1.69. The molecule has 0 aromatic carbocycles. The quantitative estimate of drug-likeness (QED) is 0.514. The highest BCUT2D eigenvalue weighted by molar-refractivity contribution is 9.11. The molecular formula is C15H11BrN2O3S. The fourth-order valence-corrected chi connectivity index (χ4v) is 3.23. The van der Waals surface area contributed by atoms with Gasteiger partial charge in [0, 0.05) is 12.4 Å². The third-order valence-electron chi connectivity index (χ3n) is 3.01. The summed E-state index contributed by atoms with van der Waals surface area (Å²) in [5.41, 5.74) is 1.91. The highest BCUT2D eigenvalue weighted by Crippen LogP contribution is 2.22. The van der Waals surface area contributed by atoms with E-state index in [4.69, 9.17) is 4.74 Å². The summed E-state index contributed by atoms with van der Waals surface area (Å²) in [6, 6.07) is 7.26. The van der Waals surface area contributed by atoms with Gasteiger partial charge in [-0.3, -0.25) is 4.79 Å². The van der Waals surface area contributed by atoms with Crippen molar-refractivity contribution >= 4 is 44.7 Å². The second-order valence-corrected chi connectivity index (χ2v) is 7.16. The van der Waals surface area contributed by atoms with Crippen LogP contribution in [0.15, 0.2) is 40.4 Å². The number of halogens is 1. The Morgan fingerprint density at radius 2 is 2.18 bits per heavy atom. The highest BCUT2D eigenvalue weighted by atomic mass is 79.9. The van der Waals surface area contributed by atoms with Crippen molar-refractivity contribution in [1.82, 2.24) is 9.38 Å². The lowest BCUT2D eigenvalue weighted by Crippen LogP contribution is -2.13. The normalized spacial score (nSPS) is 10.8. The van der Waals surface area contributed by atoms with Crippen molar-refractivity contribution < 1.29 is 14.3 Å². The van der Waals surface area contributed by atoms with E-state index in [2.05, 4.69) is 20.9 Å². The zero-order chi connectivity index (χ0) is 15.7. The number of rotatable bonds is 4. The standard InChI is InChI=1S/C15H11BrN2O3S/c1-9-4-5-18-7-10(17-14(18)6-9)15(20)21-8-11(19)12-2-3-13(16)22-12/h2-7H,8H2,1H3. The molecule has 0 fully saturated rings. The van der Waals surface area contributed by atoms with Crippen LogP contribution in [0.5, 0.6) is 0 Å². The Labute approximate surface area is 138 Å². The molecule has 3 aromatic heterocycles. The fraction of sp³-hybridized carbons (Fsp3) is 0.133. The first-order chi connectivity index (χ1) is 10.5. The van der Waals surface area contributed by atoms with E-state index in [0.717, 1.165) is 9.35 Å². The van der Waals surface area contributed by atoms with Crippen molar-refractivity contribution in [1.29, 1.82) is 0 Å². The second kappa shape index (κ2) is 6.02. The number of hydrogen-bond donors (Lipinski definition) is 0. The van der Waals surface area contributed by atoms with Crippen molar-refractivity contribution in [2.45, 2.75) is 6.92 Å². The Hall–Kier alpha value is -1.99. The molecule has 0 bridgehead atoms. The van der Waals surface area contributed by atoms with Gasteiger partial charge in [-0.1, -0.05) is 0 Å². The molecule has 0 spiro atoms. The van der Waals surface area contributed by atoms with Crippen LogP contribution >= 0.6 is 27.3 Å². The molecule has 0 N–H and O–H groups in total. The summed E-state index contributed by atoms with van der Waals surface area (Å²) >= 11 is 4.59. The van der Waals surface area contributed by atoms with Crippen molar-refractivity contribution in [2.75, 3.05) is 6.61 Å². The van der Waals surface area contributed by atoms with E-state index in [1.807, 2.05) is 25.3 Å². The molecule has 112 valence electrons. The van der Waals surface area contributed by atoms with E-state index in [9.17, 15) is 9.59 Å². The molecule has 0 aliphatic heterocycles. The van der Waals surface area contributed by atoms with Crippen molar-refractivity contribution in [3.63, 3.8) is 0 Å². The summed E-state index contributed by atoms with van der Waals surface area (Å²) < 4.78 is 7.64. The van der Waals surface area contributed by atoms with Crippen LogP contribution < -0.4 is 0 Å². The van der Waals surface area contributed by atoms with Gasteiger partial charge in [0.05, 0.1) is 8.66 Å². The van der Waals surface area contributed by atoms with E-state index in [1.54, 1.807) is 22.7 Å². The molecule has 22 heavy (non-hydrogen) atoms. The zero-order valence-electron chi connectivity index (χ0n) is 11.6. The van der Waals surface area contributed by atoms with Gasteiger partial charge in [0.25, 0.3) is 0 Å². The number of ketones is 1. The predicted molar refractivity (Wildman–Crippen MR) is 86.6 cm³/mol. The molecule has 0 atom stereocenters. The maximum absolute atomic E-state index is 12.0. The largest absolute Gasteiger partial charge is 0.452 e. The number of aryl methyl sites for hydroxylation is 1. The number of carbonyl (C=O) groups is 2. The lowest BCUT2D eigenvalue weighted by atomic mass is 10.3. The molecule has 0 radical (unpaired) electrons. The number of thiophene rings is 1. The third-order valence-corrected chi connectivity index (χ3v) is 4.67. The van der Waals surface area contributed by atoms with Crippen molar-refractivity contribution in [3.05, 3.63) is 56.6 Å². The topological polar surface area (TPSA) is 60.7 Å². The lowest BCUT2D eigenvalue weighted by molar-refractivity contribution is 0.0470.